The van der Waals surface area contributed by atoms with Gasteiger partial charge in [0.05, 0.1) is 12.6 Å². The quantitative estimate of drug-likeness (QED) is 0.789. The average molecular weight is 342 g/mol. The van der Waals surface area contributed by atoms with Crippen molar-refractivity contribution in [3.63, 3.8) is 0 Å². The number of aliphatic hydroxyl groups is 1. The molecule has 0 saturated carbocycles. The summed E-state index contributed by atoms with van der Waals surface area (Å²) < 4.78 is 10.8. The lowest BCUT2D eigenvalue weighted by Gasteiger charge is -2.31. The van der Waals surface area contributed by atoms with Crippen molar-refractivity contribution in [1.29, 1.82) is 0 Å². The van der Waals surface area contributed by atoms with Crippen molar-refractivity contribution in [2.24, 2.45) is 11.8 Å². The molecule has 24 heavy (non-hydrogen) atoms. The molecule has 0 aromatic carbocycles. The number of hydrogen-bond acceptors (Lipinski definition) is 5. The van der Waals surface area contributed by atoms with E-state index in [0.717, 1.165) is 0 Å². The smallest absolute Gasteiger partial charge is 0.410 e. The third kappa shape index (κ3) is 4.32. The molecule has 0 bridgehead atoms. The first-order chi connectivity index (χ1) is 10.9. The maximum absolute atomic E-state index is 12.4. The third-order valence-electron chi connectivity index (χ3n) is 4.28. The molecule has 2 fully saturated rings. The minimum Gasteiger partial charge on any atom is -0.444 e. The van der Waals surface area contributed by atoms with Gasteiger partial charge < -0.3 is 24.4 Å². The van der Waals surface area contributed by atoms with Gasteiger partial charge in [0.15, 0.2) is 0 Å². The first-order valence-corrected chi connectivity index (χ1v) is 8.49. The summed E-state index contributed by atoms with van der Waals surface area (Å²) in [5.41, 5.74) is -1.11. The van der Waals surface area contributed by atoms with E-state index in [1.807, 2.05) is 41.5 Å². The molecule has 0 aliphatic carbocycles. The molecule has 2 heterocycles. The number of hydrogen-bond donors (Lipinski definition) is 1. The van der Waals surface area contributed by atoms with E-state index in [0.29, 0.717) is 19.6 Å². The number of aliphatic hydroxyl groups excluding tert-OH is 1. The Morgan fingerprint density at radius 3 is 2.00 bits per heavy atom. The predicted molar refractivity (Wildman–Crippen MR) is 88.6 cm³/mol. The number of fused-ring (bicyclic) bond motifs is 1. The van der Waals surface area contributed by atoms with Crippen LogP contribution in [-0.2, 0) is 9.47 Å². The molecule has 2 aliphatic heterocycles. The maximum Gasteiger partial charge on any atom is 0.410 e. The van der Waals surface area contributed by atoms with Crippen molar-refractivity contribution in [3.05, 3.63) is 0 Å². The summed E-state index contributed by atoms with van der Waals surface area (Å²) in [7, 11) is 0. The lowest BCUT2D eigenvalue weighted by Crippen LogP contribution is -2.45. The fraction of sp³-hybridized carbons (Fsp3) is 0.882. The molecule has 0 radical (unpaired) electrons. The number of likely N-dealkylation sites (tertiary alicyclic amines) is 2. The molecular weight excluding hydrogens is 312 g/mol. The van der Waals surface area contributed by atoms with E-state index in [4.69, 9.17) is 9.47 Å². The minimum absolute atomic E-state index is 0.0510. The number of nitrogens with zero attached hydrogens (tertiary/aromatic N) is 2. The fourth-order valence-electron chi connectivity index (χ4n) is 3.38. The summed E-state index contributed by atoms with van der Waals surface area (Å²) in [5, 5.41) is 9.76. The number of amides is 2. The van der Waals surface area contributed by atoms with Crippen molar-refractivity contribution in [1.82, 2.24) is 9.80 Å². The van der Waals surface area contributed by atoms with E-state index in [1.165, 1.54) is 0 Å². The summed E-state index contributed by atoms with van der Waals surface area (Å²) in [6.07, 6.45) is -0.739. The number of rotatable bonds is 1. The van der Waals surface area contributed by atoms with Crippen LogP contribution in [0.4, 0.5) is 9.59 Å². The van der Waals surface area contributed by atoms with Crippen LogP contribution in [0.25, 0.3) is 0 Å². The zero-order chi connectivity index (χ0) is 18.3. The van der Waals surface area contributed by atoms with Crippen molar-refractivity contribution in [2.75, 3.05) is 26.2 Å². The average Bonchev–Trinajstić information content (AvgIpc) is 2.90. The largest absolute Gasteiger partial charge is 0.444 e. The number of carbonyl (C=O) groups excluding carboxylic acids is 2. The van der Waals surface area contributed by atoms with Crippen LogP contribution in [0.3, 0.4) is 0 Å². The van der Waals surface area contributed by atoms with Crippen LogP contribution in [0.2, 0.25) is 0 Å². The van der Waals surface area contributed by atoms with Crippen LogP contribution in [0.5, 0.6) is 0 Å². The van der Waals surface area contributed by atoms with E-state index >= 15 is 0 Å². The Morgan fingerprint density at radius 2 is 1.50 bits per heavy atom. The molecule has 0 aromatic rings. The van der Waals surface area contributed by atoms with Crippen molar-refractivity contribution in [2.45, 2.75) is 58.8 Å². The molecule has 1 N–H and O–H groups in total. The second-order valence-corrected chi connectivity index (χ2v) is 8.69. The topological polar surface area (TPSA) is 79.3 Å². The molecule has 2 saturated heterocycles. The predicted octanol–water partition coefficient (Wildman–Crippen LogP) is 2.08. The molecule has 2 rings (SSSR count). The first-order valence-electron chi connectivity index (χ1n) is 8.49. The molecule has 0 spiro atoms. The van der Waals surface area contributed by atoms with Gasteiger partial charge in [-0.1, -0.05) is 0 Å². The fourth-order valence-corrected chi connectivity index (χ4v) is 3.38. The van der Waals surface area contributed by atoms with E-state index in [1.54, 1.807) is 9.80 Å². The summed E-state index contributed by atoms with van der Waals surface area (Å²) in [6.45, 7) is 12.3. The third-order valence-corrected chi connectivity index (χ3v) is 4.28. The highest BCUT2D eigenvalue weighted by Crippen LogP contribution is 2.37. The van der Waals surface area contributed by atoms with Gasteiger partial charge in [-0.05, 0) is 41.5 Å². The molecular formula is C17H30N2O5. The second kappa shape index (κ2) is 6.43. The lowest BCUT2D eigenvalue weighted by molar-refractivity contribution is 0.0104. The van der Waals surface area contributed by atoms with Gasteiger partial charge in [0.1, 0.15) is 11.2 Å². The van der Waals surface area contributed by atoms with Gasteiger partial charge in [-0.15, -0.1) is 0 Å². The first kappa shape index (κ1) is 18.8. The van der Waals surface area contributed by atoms with Crippen LogP contribution in [-0.4, -0.2) is 70.6 Å². The molecule has 3 atom stereocenters. The summed E-state index contributed by atoms with van der Waals surface area (Å²) in [6, 6.07) is -0.322. The molecule has 3 unspecified atom stereocenters. The minimum atomic E-state index is -0.572. The Morgan fingerprint density at radius 1 is 0.958 bits per heavy atom. The lowest BCUT2D eigenvalue weighted by atomic mass is 9.95. The normalized spacial score (nSPS) is 27.2. The van der Waals surface area contributed by atoms with E-state index in [9.17, 15) is 14.7 Å². The van der Waals surface area contributed by atoms with Gasteiger partial charge in [0.25, 0.3) is 0 Å². The van der Waals surface area contributed by atoms with Crippen LogP contribution in [0.15, 0.2) is 0 Å². The molecule has 2 aliphatic rings. The van der Waals surface area contributed by atoms with Gasteiger partial charge >= 0.3 is 12.2 Å². The van der Waals surface area contributed by atoms with Gasteiger partial charge in [0.2, 0.25) is 0 Å². The molecule has 138 valence electrons. The van der Waals surface area contributed by atoms with Gasteiger partial charge in [-0.25, -0.2) is 9.59 Å². The van der Waals surface area contributed by atoms with Gasteiger partial charge in [-0.3, -0.25) is 0 Å². The molecule has 0 aromatic heterocycles. The van der Waals surface area contributed by atoms with Crippen LogP contribution in [0, 0.1) is 11.8 Å². The van der Waals surface area contributed by atoms with E-state index in [2.05, 4.69) is 0 Å². The summed E-state index contributed by atoms with van der Waals surface area (Å²) in [5.74, 6) is 0.192. The molecule has 7 nitrogen and oxygen atoms in total. The standard InChI is InChI=1S/C17H30N2O5/c1-16(2,3)23-14(21)18-7-11-8-19(13(10-20)12(11)9-18)15(22)24-17(4,5)6/h11-13,20H,7-10H2,1-6H3. The van der Waals surface area contributed by atoms with Gasteiger partial charge in [-0.2, -0.15) is 0 Å². The van der Waals surface area contributed by atoms with Crippen LogP contribution in [0.1, 0.15) is 41.5 Å². The zero-order valence-electron chi connectivity index (χ0n) is 15.5. The number of carbonyl (C=O) groups is 2. The Labute approximate surface area is 143 Å². The second-order valence-electron chi connectivity index (χ2n) is 8.69. The molecule has 7 heteroatoms. The number of ether oxygens (including phenoxy) is 2. The van der Waals surface area contributed by atoms with E-state index in [-0.39, 0.29) is 30.6 Å². The highest BCUT2D eigenvalue weighted by atomic mass is 16.6. The monoisotopic (exact) mass is 342 g/mol. The Bertz CT molecular complexity index is 494. The van der Waals surface area contributed by atoms with Crippen LogP contribution < -0.4 is 0 Å². The van der Waals surface area contributed by atoms with Crippen molar-refractivity contribution in [3.8, 4) is 0 Å². The highest BCUT2D eigenvalue weighted by Gasteiger charge is 2.50. The highest BCUT2D eigenvalue weighted by molar-refractivity contribution is 5.70. The zero-order valence-corrected chi connectivity index (χ0v) is 15.5. The van der Waals surface area contributed by atoms with Gasteiger partial charge in [0, 0.05) is 31.5 Å². The SMILES string of the molecule is CC(C)(C)OC(=O)N1CC2CN(C(=O)OC(C)(C)C)C(CO)C2C1. The summed E-state index contributed by atoms with van der Waals surface area (Å²) in [4.78, 5) is 27.9. The van der Waals surface area contributed by atoms with Crippen molar-refractivity contribution >= 4 is 12.2 Å². The maximum atomic E-state index is 12.4. The molecule has 2 amide bonds. The Kier molecular flexibility index (Phi) is 5.04. The van der Waals surface area contributed by atoms with Crippen molar-refractivity contribution < 1.29 is 24.2 Å². The van der Waals surface area contributed by atoms with Crippen LogP contribution >= 0.6 is 0 Å². The Hall–Kier alpha value is -1.50. The summed E-state index contributed by atoms with van der Waals surface area (Å²) >= 11 is 0. The Balaban J connectivity index is 2.01. The van der Waals surface area contributed by atoms with E-state index < -0.39 is 17.3 Å².